The molecule has 0 heterocycles. The standard InChI is InChI=1S/C14H18N2O4S/c1-3-14(8-9-14)10-11-15(2)21(19,20)13-7-5-4-6-12(13)16(17)18/h3-7H,1,8-11H2,2H3. The zero-order chi connectivity index (χ0) is 15.7. The van der Waals surface area contributed by atoms with E-state index < -0.39 is 20.6 Å². The Kier molecular flexibility index (Phi) is 4.15. The molecule has 0 aromatic heterocycles. The Bertz CT molecular complexity index is 665. The van der Waals surface area contributed by atoms with Crippen LogP contribution in [0.1, 0.15) is 19.3 Å². The molecule has 1 saturated carbocycles. The van der Waals surface area contributed by atoms with Crippen molar-refractivity contribution in [2.45, 2.75) is 24.2 Å². The average molecular weight is 310 g/mol. The van der Waals surface area contributed by atoms with Gasteiger partial charge in [0, 0.05) is 19.7 Å². The zero-order valence-electron chi connectivity index (χ0n) is 11.9. The highest BCUT2D eigenvalue weighted by molar-refractivity contribution is 7.89. The second-order valence-corrected chi connectivity index (χ2v) is 7.38. The first kappa shape index (κ1) is 15.7. The Balaban J connectivity index is 2.21. The molecule has 114 valence electrons. The van der Waals surface area contributed by atoms with Crippen LogP contribution in [0.15, 0.2) is 41.8 Å². The predicted octanol–water partition coefficient (Wildman–Crippen LogP) is 2.57. The summed E-state index contributed by atoms with van der Waals surface area (Å²) >= 11 is 0. The lowest BCUT2D eigenvalue weighted by Gasteiger charge is -2.19. The fourth-order valence-electron chi connectivity index (χ4n) is 2.21. The lowest BCUT2D eigenvalue weighted by molar-refractivity contribution is -0.387. The molecule has 1 fully saturated rings. The van der Waals surface area contributed by atoms with Gasteiger partial charge < -0.3 is 0 Å². The van der Waals surface area contributed by atoms with Crippen LogP contribution in [0.3, 0.4) is 0 Å². The van der Waals surface area contributed by atoms with Gasteiger partial charge in [0.1, 0.15) is 0 Å². The van der Waals surface area contributed by atoms with Crippen LogP contribution in [-0.2, 0) is 10.0 Å². The monoisotopic (exact) mass is 310 g/mol. The molecule has 0 amide bonds. The summed E-state index contributed by atoms with van der Waals surface area (Å²) in [6, 6.07) is 5.41. The van der Waals surface area contributed by atoms with Gasteiger partial charge in [-0.05, 0) is 30.7 Å². The van der Waals surface area contributed by atoms with E-state index >= 15 is 0 Å². The third-order valence-electron chi connectivity index (χ3n) is 4.00. The van der Waals surface area contributed by atoms with Crippen LogP contribution in [-0.4, -0.2) is 31.2 Å². The second kappa shape index (κ2) is 5.57. The average Bonchev–Trinajstić information content (AvgIpc) is 3.25. The third kappa shape index (κ3) is 3.14. The topological polar surface area (TPSA) is 80.5 Å². The minimum Gasteiger partial charge on any atom is -0.258 e. The van der Waals surface area contributed by atoms with Crippen LogP contribution in [0.2, 0.25) is 0 Å². The summed E-state index contributed by atoms with van der Waals surface area (Å²) in [6.07, 6.45) is 4.61. The summed E-state index contributed by atoms with van der Waals surface area (Å²) in [4.78, 5) is 10.0. The van der Waals surface area contributed by atoms with Crippen LogP contribution in [0.25, 0.3) is 0 Å². The molecule has 0 aliphatic heterocycles. The number of allylic oxidation sites excluding steroid dienone is 1. The Labute approximate surface area is 124 Å². The van der Waals surface area contributed by atoms with Crippen LogP contribution in [0.4, 0.5) is 5.69 Å². The zero-order valence-corrected chi connectivity index (χ0v) is 12.7. The van der Waals surface area contributed by atoms with E-state index in [9.17, 15) is 18.5 Å². The maximum atomic E-state index is 12.5. The fraction of sp³-hybridized carbons (Fsp3) is 0.429. The first-order valence-corrected chi connectivity index (χ1v) is 8.10. The Hall–Kier alpha value is -1.73. The van der Waals surface area contributed by atoms with Crippen LogP contribution >= 0.6 is 0 Å². The number of nitro groups is 1. The van der Waals surface area contributed by atoms with Crippen molar-refractivity contribution in [2.24, 2.45) is 5.41 Å². The molecule has 0 radical (unpaired) electrons. The highest BCUT2D eigenvalue weighted by Crippen LogP contribution is 2.49. The maximum Gasteiger partial charge on any atom is 0.289 e. The molecule has 1 aliphatic carbocycles. The molecule has 1 aliphatic rings. The summed E-state index contributed by atoms with van der Waals surface area (Å²) in [5, 5.41) is 11.0. The highest BCUT2D eigenvalue weighted by Gasteiger charge is 2.40. The molecule has 0 N–H and O–H groups in total. The van der Waals surface area contributed by atoms with Gasteiger partial charge >= 0.3 is 0 Å². The molecule has 0 saturated heterocycles. The minimum absolute atomic E-state index is 0.0480. The van der Waals surface area contributed by atoms with E-state index in [-0.39, 0.29) is 10.3 Å². The van der Waals surface area contributed by atoms with Gasteiger partial charge in [-0.2, -0.15) is 0 Å². The normalized spacial score (nSPS) is 16.7. The molecule has 21 heavy (non-hydrogen) atoms. The van der Waals surface area contributed by atoms with Crippen LogP contribution < -0.4 is 0 Å². The van der Waals surface area contributed by atoms with Crippen molar-refractivity contribution >= 4 is 15.7 Å². The minimum atomic E-state index is -3.86. The lowest BCUT2D eigenvalue weighted by Crippen LogP contribution is -2.29. The van der Waals surface area contributed by atoms with E-state index in [2.05, 4.69) is 6.58 Å². The molecule has 6 nitrogen and oxygen atoms in total. The van der Waals surface area contributed by atoms with Crippen molar-refractivity contribution in [2.75, 3.05) is 13.6 Å². The van der Waals surface area contributed by atoms with E-state index in [4.69, 9.17) is 0 Å². The summed E-state index contributed by atoms with van der Waals surface area (Å²) < 4.78 is 26.1. The molecule has 0 unspecified atom stereocenters. The quantitative estimate of drug-likeness (QED) is 0.440. The van der Waals surface area contributed by atoms with Crippen LogP contribution in [0, 0.1) is 15.5 Å². The Morgan fingerprint density at radius 3 is 2.57 bits per heavy atom. The molecule has 1 aromatic carbocycles. The Morgan fingerprint density at radius 1 is 1.43 bits per heavy atom. The molecular weight excluding hydrogens is 292 g/mol. The van der Waals surface area contributed by atoms with E-state index in [1.165, 1.54) is 35.6 Å². The first-order chi connectivity index (χ1) is 9.82. The van der Waals surface area contributed by atoms with Gasteiger partial charge in [-0.1, -0.05) is 18.2 Å². The van der Waals surface area contributed by atoms with Gasteiger partial charge in [-0.15, -0.1) is 6.58 Å². The number of benzene rings is 1. The van der Waals surface area contributed by atoms with Crippen molar-refractivity contribution in [3.05, 3.63) is 47.0 Å². The summed E-state index contributed by atoms with van der Waals surface area (Å²) in [5.41, 5.74) is -0.346. The molecule has 1 aromatic rings. The molecule has 0 bridgehead atoms. The molecule has 0 spiro atoms. The number of para-hydroxylation sites is 1. The van der Waals surface area contributed by atoms with Gasteiger partial charge in [-0.25, -0.2) is 12.7 Å². The number of hydrogen-bond acceptors (Lipinski definition) is 4. The number of sulfonamides is 1. The van der Waals surface area contributed by atoms with Crippen molar-refractivity contribution < 1.29 is 13.3 Å². The SMILES string of the molecule is C=CC1(CCN(C)S(=O)(=O)c2ccccc2[N+](=O)[O-])CC1. The fourth-order valence-corrected chi connectivity index (χ4v) is 3.54. The number of nitro benzene ring substituents is 1. The van der Waals surface area contributed by atoms with E-state index in [0.717, 1.165) is 12.8 Å². The largest absolute Gasteiger partial charge is 0.289 e. The van der Waals surface area contributed by atoms with Crippen molar-refractivity contribution in [3.8, 4) is 0 Å². The highest BCUT2D eigenvalue weighted by atomic mass is 32.2. The van der Waals surface area contributed by atoms with Gasteiger partial charge in [0.2, 0.25) is 10.0 Å². The van der Waals surface area contributed by atoms with Crippen molar-refractivity contribution in [1.82, 2.24) is 4.31 Å². The van der Waals surface area contributed by atoms with Crippen LogP contribution in [0.5, 0.6) is 0 Å². The Morgan fingerprint density at radius 2 is 2.05 bits per heavy atom. The second-order valence-electron chi connectivity index (χ2n) is 5.37. The lowest BCUT2D eigenvalue weighted by atomic mass is 10.0. The smallest absolute Gasteiger partial charge is 0.258 e. The van der Waals surface area contributed by atoms with E-state index in [1.54, 1.807) is 0 Å². The van der Waals surface area contributed by atoms with Crippen molar-refractivity contribution in [1.29, 1.82) is 0 Å². The third-order valence-corrected chi connectivity index (χ3v) is 5.90. The van der Waals surface area contributed by atoms with Gasteiger partial charge in [0.15, 0.2) is 4.90 Å². The van der Waals surface area contributed by atoms with Crippen molar-refractivity contribution in [3.63, 3.8) is 0 Å². The first-order valence-electron chi connectivity index (χ1n) is 6.66. The summed E-state index contributed by atoms with van der Waals surface area (Å²) in [6.45, 7) is 4.09. The molecular formula is C14H18N2O4S. The number of rotatable bonds is 7. The number of nitrogens with zero attached hydrogens (tertiary/aromatic N) is 2. The molecule has 0 atom stereocenters. The summed E-state index contributed by atoms with van der Waals surface area (Å²) in [5.74, 6) is 0. The van der Waals surface area contributed by atoms with Gasteiger partial charge in [0.25, 0.3) is 5.69 Å². The maximum absolute atomic E-state index is 12.5. The predicted molar refractivity (Wildman–Crippen MR) is 79.4 cm³/mol. The van der Waals surface area contributed by atoms with Gasteiger partial charge in [-0.3, -0.25) is 10.1 Å². The molecule has 2 rings (SSSR count). The summed E-state index contributed by atoms with van der Waals surface area (Å²) in [7, 11) is -2.41. The van der Waals surface area contributed by atoms with E-state index in [0.29, 0.717) is 13.0 Å². The molecule has 7 heteroatoms. The van der Waals surface area contributed by atoms with Gasteiger partial charge in [0.05, 0.1) is 4.92 Å². The number of hydrogen-bond donors (Lipinski definition) is 0. The van der Waals surface area contributed by atoms with E-state index in [1.807, 2.05) is 6.08 Å².